The predicted molar refractivity (Wildman–Crippen MR) is 114 cm³/mol. The van der Waals surface area contributed by atoms with Gasteiger partial charge in [-0.05, 0) is 31.4 Å². The number of amides is 2. The predicted octanol–water partition coefficient (Wildman–Crippen LogP) is 2.40. The Morgan fingerprint density at radius 3 is 2.45 bits per heavy atom. The first-order valence-electron chi connectivity index (χ1n) is 10.5. The van der Waals surface area contributed by atoms with Gasteiger partial charge in [-0.2, -0.15) is 0 Å². The van der Waals surface area contributed by atoms with Crippen LogP contribution in [0.4, 0.5) is 0 Å². The number of fused-ring (bicyclic) bond motifs is 1. The van der Waals surface area contributed by atoms with Gasteiger partial charge < -0.3 is 9.80 Å². The lowest BCUT2D eigenvalue weighted by atomic mass is 10.1. The van der Waals surface area contributed by atoms with E-state index in [1.165, 1.54) is 6.42 Å². The van der Waals surface area contributed by atoms with Crippen LogP contribution in [0.25, 0.3) is 17.0 Å². The number of benzene rings is 1. The topological polar surface area (TPSA) is 56.8 Å². The molecule has 6 nitrogen and oxygen atoms in total. The number of para-hydroxylation sites is 1. The average Bonchev–Trinajstić information content (AvgIpc) is 2.78. The van der Waals surface area contributed by atoms with Gasteiger partial charge in [-0.15, -0.1) is 0 Å². The summed E-state index contributed by atoms with van der Waals surface area (Å²) >= 11 is 0. The van der Waals surface area contributed by atoms with Crippen LogP contribution in [0, 0.1) is 0 Å². The molecule has 2 aromatic rings. The number of carbonyl (C=O) groups excluding carboxylic acids is 2. The first-order chi connectivity index (χ1) is 14.2. The zero-order chi connectivity index (χ0) is 20.1. The number of piperazine rings is 1. The van der Waals surface area contributed by atoms with Crippen LogP contribution < -0.4 is 0 Å². The van der Waals surface area contributed by atoms with E-state index in [4.69, 9.17) is 0 Å². The molecule has 1 aromatic carbocycles. The molecule has 4 rings (SSSR count). The second-order valence-corrected chi connectivity index (χ2v) is 7.80. The van der Waals surface area contributed by atoms with Crippen LogP contribution in [-0.4, -0.2) is 77.3 Å². The van der Waals surface area contributed by atoms with Crippen LogP contribution in [0.1, 0.15) is 24.8 Å². The average molecular weight is 393 g/mol. The van der Waals surface area contributed by atoms with Crippen LogP contribution in [0.15, 0.2) is 42.6 Å². The lowest BCUT2D eigenvalue weighted by molar-refractivity contribution is -0.134. The standard InChI is InChI=1S/C23H28N4O2/c28-21(10-9-20-7-4-6-19-8-5-11-24-23(19)20)27-16-14-25(15-17-27)18-22(29)26-12-2-1-3-13-26/h4-11H,1-3,12-18H2/b10-9+. The van der Waals surface area contributed by atoms with E-state index in [9.17, 15) is 9.59 Å². The molecule has 0 N–H and O–H groups in total. The summed E-state index contributed by atoms with van der Waals surface area (Å²) in [6.45, 7) is 5.06. The first-order valence-corrected chi connectivity index (χ1v) is 10.5. The molecule has 2 aliphatic heterocycles. The van der Waals surface area contributed by atoms with Gasteiger partial charge >= 0.3 is 0 Å². The maximum Gasteiger partial charge on any atom is 0.246 e. The number of likely N-dealkylation sites (tertiary alicyclic amines) is 1. The van der Waals surface area contributed by atoms with Crippen molar-refractivity contribution in [2.24, 2.45) is 0 Å². The van der Waals surface area contributed by atoms with Crippen molar-refractivity contribution in [1.29, 1.82) is 0 Å². The third kappa shape index (κ3) is 4.82. The zero-order valence-corrected chi connectivity index (χ0v) is 16.8. The molecule has 6 heteroatoms. The molecule has 1 aromatic heterocycles. The largest absolute Gasteiger partial charge is 0.342 e. The number of rotatable bonds is 4. The van der Waals surface area contributed by atoms with Crippen LogP contribution in [-0.2, 0) is 9.59 Å². The number of aromatic nitrogens is 1. The Labute approximate surface area is 171 Å². The minimum absolute atomic E-state index is 0.0138. The van der Waals surface area contributed by atoms with E-state index >= 15 is 0 Å². The third-order valence-electron chi connectivity index (χ3n) is 5.82. The van der Waals surface area contributed by atoms with Gasteiger partial charge in [0.15, 0.2) is 0 Å². The summed E-state index contributed by atoms with van der Waals surface area (Å²) in [7, 11) is 0. The van der Waals surface area contributed by atoms with Gasteiger partial charge in [-0.1, -0.05) is 24.3 Å². The lowest BCUT2D eigenvalue weighted by Crippen LogP contribution is -2.51. The van der Waals surface area contributed by atoms with Crippen LogP contribution in [0.3, 0.4) is 0 Å². The van der Waals surface area contributed by atoms with Crippen LogP contribution in [0.2, 0.25) is 0 Å². The van der Waals surface area contributed by atoms with Crippen molar-refractivity contribution in [2.45, 2.75) is 19.3 Å². The monoisotopic (exact) mass is 392 g/mol. The van der Waals surface area contributed by atoms with Crippen LogP contribution in [0.5, 0.6) is 0 Å². The molecule has 0 atom stereocenters. The molecule has 2 fully saturated rings. The molecule has 3 heterocycles. The smallest absolute Gasteiger partial charge is 0.246 e. The molecular formula is C23H28N4O2. The Morgan fingerprint density at radius 2 is 1.66 bits per heavy atom. The molecule has 29 heavy (non-hydrogen) atoms. The molecular weight excluding hydrogens is 364 g/mol. The molecule has 0 bridgehead atoms. The van der Waals surface area contributed by atoms with Gasteiger partial charge in [-0.3, -0.25) is 19.5 Å². The zero-order valence-electron chi connectivity index (χ0n) is 16.8. The van der Waals surface area contributed by atoms with Crippen molar-refractivity contribution in [3.63, 3.8) is 0 Å². The SMILES string of the molecule is O=C(/C=C/c1cccc2cccnc12)N1CCN(CC(=O)N2CCCCC2)CC1. The molecule has 2 aliphatic rings. The van der Waals surface area contributed by atoms with E-state index in [1.54, 1.807) is 12.3 Å². The maximum atomic E-state index is 12.6. The Balaban J connectivity index is 1.29. The molecule has 0 aliphatic carbocycles. The molecule has 0 saturated carbocycles. The number of piperidine rings is 1. The highest BCUT2D eigenvalue weighted by Gasteiger charge is 2.24. The number of carbonyl (C=O) groups is 2. The van der Waals surface area contributed by atoms with Crippen molar-refractivity contribution >= 4 is 28.8 Å². The van der Waals surface area contributed by atoms with Gasteiger partial charge in [0.25, 0.3) is 0 Å². The van der Waals surface area contributed by atoms with Crippen LogP contribution >= 0.6 is 0 Å². The summed E-state index contributed by atoms with van der Waals surface area (Å²) in [5.41, 5.74) is 1.85. The lowest BCUT2D eigenvalue weighted by Gasteiger charge is -2.35. The van der Waals surface area contributed by atoms with E-state index in [1.807, 2.05) is 46.2 Å². The Bertz CT molecular complexity index is 891. The molecule has 152 valence electrons. The number of hydrogen-bond acceptors (Lipinski definition) is 4. The minimum atomic E-state index is 0.0138. The van der Waals surface area contributed by atoms with Crippen molar-refractivity contribution in [2.75, 3.05) is 45.8 Å². The van der Waals surface area contributed by atoms with Gasteiger partial charge in [-0.25, -0.2) is 0 Å². The molecule has 0 spiro atoms. The summed E-state index contributed by atoms with van der Waals surface area (Å²) in [6, 6.07) is 9.91. The molecule has 2 saturated heterocycles. The number of hydrogen-bond donors (Lipinski definition) is 0. The highest BCUT2D eigenvalue weighted by Crippen LogP contribution is 2.17. The fourth-order valence-electron chi connectivity index (χ4n) is 4.09. The fourth-order valence-corrected chi connectivity index (χ4v) is 4.09. The van der Waals surface area contributed by atoms with Crippen molar-refractivity contribution in [3.05, 3.63) is 48.2 Å². The quantitative estimate of drug-likeness (QED) is 0.750. The third-order valence-corrected chi connectivity index (χ3v) is 5.82. The maximum absolute atomic E-state index is 12.6. The first kappa shape index (κ1) is 19.6. The summed E-state index contributed by atoms with van der Waals surface area (Å²) in [4.78, 5) is 35.5. The summed E-state index contributed by atoms with van der Waals surface area (Å²) < 4.78 is 0. The molecule has 2 amide bonds. The number of nitrogens with zero attached hydrogens (tertiary/aromatic N) is 4. The van der Waals surface area contributed by atoms with E-state index in [-0.39, 0.29) is 11.8 Å². The molecule has 0 radical (unpaired) electrons. The summed E-state index contributed by atoms with van der Waals surface area (Å²) in [5, 5.41) is 1.06. The highest BCUT2D eigenvalue weighted by molar-refractivity contribution is 5.95. The number of pyridine rings is 1. The van der Waals surface area contributed by atoms with Crippen molar-refractivity contribution in [3.8, 4) is 0 Å². The van der Waals surface area contributed by atoms with E-state index in [2.05, 4.69) is 9.88 Å². The highest BCUT2D eigenvalue weighted by atomic mass is 16.2. The molecule has 0 unspecified atom stereocenters. The van der Waals surface area contributed by atoms with Gasteiger partial charge in [0.2, 0.25) is 11.8 Å². The van der Waals surface area contributed by atoms with Gasteiger partial charge in [0.1, 0.15) is 0 Å². The Hall–Kier alpha value is -2.73. The second kappa shape index (κ2) is 9.18. The Morgan fingerprint density at radius 1 is 0.897 bits per heavy atom. The van der Waals surface area contributed by atoms with E-state index < -0.39 is 0 Å². The second-order valence-electron chi connectivity index (χ2n) is 7.80. The Kier molecular flexibility index (Phi) is 6.20. The normalized spacial score (nSPS) is 18.5. The van der Waals surface area contributed by atoms with Crippen molar-refractivity contribution in [1.82, 2.24) is 19.7 Å². The summed E-state index contributed by atoms with van der Waals surface area (Å²) in [5.74, 6) is 0.243. The fraction of sp³-hybridized carbons (Fsp3) is 0.435. The minimum Gasteiger partial charge on any atom is -0.342 e. The van der Waals surface area contributed by atoms with E-state index in [0.29, 0.717) is 19.6 Å². The van der Waals surface area contributed by atoms with E-state index in [0.717, 1.165) is 55.5 Å². The van der Waals surface area contributed by atoms with Gasteiger partial charge in [0, 0.05) is 62.5 Å². The summed E-state index contributed by atoms with van der Waals surface area (Å²) in [6.07, 6.45) is 8.72. The van der Waals surface area contributed by atoms with Gasteiger partial charge in [0.05, 0.1) is 12.1 Å². The van der Waals surface area contributed by atoms with Crippen molar-refractivity contribution < 1.29 is 9.59 Å².